The van der Waals surface area contributed by atoms with Gasteiger partial charge in [-0.3, -0.25) is 14.6 Å². The second-order valence-corrected chi connectivity index (χ2v) is 6.74. The van der Waals surface area contributed by atoms with Crippen LogP contribution in [0.3, 0.4) is 0 Å². The van der Waals surface area contributed by atoms with E-state index in [0.29, 0.717) is 18.8 Å². The zero-order valence-electron chi connectivity index (χ0n) is 14.2. The van der Waals surface area contributed by atoms with Crippen molar-refractivity contribution in [2.45, 2.75) is 38.4 Å². The van der Waals surface area contributed by atoms with Gasteiger partial charge in [-0.25, -0.2) is 0 Å². The molecule has 0 aromatic carbocycles. The molecule has 1 unspecified atom stereocenters. The molecule has 0 bridgehead atoms. The molecule has 4 rings (SSSR count). The summed E-state index contributed by atoms with van der Waals surface area (Å²) in [6.07, 6.45) is 8.61. The summed E-state index contributed by atoms with van der Waals surface area (Å²) in [5, 5.41) is 0. The van der Waals surface area contributed by atoms with Crippen molar-refractivity contribution in [3.8, 4) is 0 Å². The van der Waals surface area contributed by atoms with Gasteiger partial charge in [0.2, 0.25) is 5.91 Å². The largest absolute Gasteiger partial charge is 0.341 e. The third-order valence-electron chi connectivity index (χ3n) is 5.08. The number of hydrogen-bond donors (Lipinski definition) is 0. The Hall–Kier alpha value is -2.63. The van der Waals surface area contributed by atoms with Crippen LogP contribution in [-0.4, -0.2) is 50.3 Å². The molecule has 0 spiro atoms. The lowest BCUT2D eigenvalue weighted by Crippen LogP contribution is -2.56. The number of carbonyl (C=O) groups excluding carboxylic acids is 2. The van der Waals surface area contributed by atoms with Crippen molar-refractivity contribution in [2.24, 2.45) is 0 Å². The zero-order chi connectivity index (χ0) is 17.2. The fourth-order valence-corrected chi connectivity index (χ4v) is 3.75. The topological polar surface area (TPSA) is 58.4 Å². The Kier molecular flexibility index (Phi) is 4.26. The van der Waals surface area contributed by atoms with E-state index in [1.807, 2.05) is 39.9 Å². The molecule has 130 valence electrons. The molecule has 6 nitrogen and oxygen atoms in total. The fourth-order valence-electron chi connectivity index (χ4n) is 3.75. The molecular formula is C19H22N4O2. The van der Waals surface area contributed by atoms with Gasteiger partial charge in [0.15, 0.2) is 0 Å². The molecule has 4 heterocycles. The molecule has 25 heavy (non-hydrogen) atoms. The molecule has 0 radical (unpaired) electrons. The molecule has 0 N–H and O–H groups in total. The molecule has 1 atom stereocenters. The maximum absolute atomic E-state index is 13.1. The fraction of sp³-hybridized carbons (Fsp3) is 0.421. The second-order valence-electron chi connectivity index (χ2n) is 6.74. The molecular weight excluding hydrogens is 316 g/mol. The van der Waals surface area contributed by atoms with Crippen molar-refractivity contribution in [1.29, 1.82) is 0 Å². The van der Waals surface area contributed by atoms with Crippen LogP contribution in [0.4, 0.5) is 0 Å². The first kappa shape index (κ1) is 15.9. The molecule has 2 aliphatic heterocycles. The first-order chi connectivity index (χ1) is 12.2. The second kappa shape index (κ2) is 6.70. The first-order valence-electron chi connectivity index (χ1n) is 8.88. The summed E-state index contributed by atoms with van der Waals surface area (Å²) in [5.41, 5.74) is 1.58. The standard InChI is InChI=1S/C19H22N4O2/c24-18(21-9-2-1-3-10-21)17-14-22-11-5-7-16(22)19(25)23(17)13-15-6-4-8-20-12-15/h4-8,11-12,17H,1-3,9-10,13-14H2. The molecule has 2 aromatic heterocycles. The predicted octanol–water partition coefficient (Wildman–Crippen LogP) is 1.92. The van der Waals surface area contributed by atoms with Crippen molar-refractivity contribution in [1.82, 2.24) is 19.4 Å². The molecule has 0 saturated carbocycles. The Morgan fingerprint density at radius 2 is 2.00 bits per heavy atom. The normalized spacial score (nSPS) is 20.5. The monoisotopic (exact) mass is 338 g/mol. The lowest BCUT2D eigenvalue weighted by molar-refractivity contribution is -0.138. The van der Waals surface area contributed by atoms with Gasteiger partial charge in [0.25, 0.3) is 5.91 Å². The number of pyridine rings is 1. The molecule has 6 heteroatoms. The number of nitrogens with zero attached hydrogens (tertiary/aromatic N) is 4. The van der Waals surface area contributed by atoms with E-state index in [4.69, 9.17) is 0 Å². The molecule has 1 saturated heterocycles. The van der Waals surface area contributed by atoms with Crippen molar-refractivity contribution in [3.05, 3.63) is 54.1 Å². The van der Waals surface area contributed by atoms with E-state index < -0.39 is 6.04 Å². The Bertz CT molecular complexity index is 765. The third-order valence-corrected chi connectivity index (χ3v) is 5.08. The quantitative estimate of drug-likeness (QED) is 0.859. The van der Waals surface area contributed by atoms with Crippen molar-refractivity contribution < 1.29 is 9.59 Å². The number of rotatable bonds is 3. The van der Waals surface area contributed by atoms with Gasteiger partial charge in [0.05, 0.1) is 6.54 Å². The highest BCUT2D eigenvalue weighted by Gasteiger charge is 2.38. The van der Waals surface area contributed by atoms with E-state index in [2.05, 4.69) is 4.98 Å². The van der Waals surface area contributed by atoms with Gasteiger partial charge >= 0.3 is 0 Å². The van der Waals surface area contributed by atoms with Crippen LogP contribution >= 0.6 is 0 Å². The minimum absolute atomic E-state index is 0.0660. The Labute approximate surface area is 147 Å². The van der Waals surface area contributed by atoms with E-state index in [-0.39, 0.29) is 11.8 Å². The summed E-state index contributed by atoms with van der Waals surface area (Å²) in [6.45, 7) is 2.51. The van der Waals surface area contributed by atoms with Crippen LogP contribution in [-0.2, 0) is 17.9 Å². The van der Waals surface area contributed by atoms with Crippen LogP contribution in [0.5, 0.6) is 0 Å². The van der Waals surface area contributed by atoms with Crippen molar-refractivity contribution in [3.63, 3.8) is 0 Å². The van der Waals surface area contributed by atoms with Gasteiger partial charge in [-0.1, -0.05) is 6.07 Å². The minimum Gasteiger partial charge on any atom is -0.341 e. The van der Waals surface area contributed by atoms with Gasteiger partial charge in [0.1, 0.15) is 11.7 Å². The van der Waals surface area contributed by atoms with Crippen LogP contribution in [0, 0.1) is 0 Å². The maximum atomic E-state index is 13.1. The Balaban J connectivity index is 1.64. The molecule has 0 aliphatic carbocycles. The van der Waals surface area contributed by atoms with E-state index in [0.717, 1.165) is 31.5 Å². The van der Waals surface area contributed by atoms with Crippen LogP contribution in [0.25, 0.3) is 0 Å². The summed E-state index contributed by atoms with van der Waals surface area (Å²) in [6, 6.07) is 7.03. The zero-order valence-corrected chi connectivity index (χ0v) is 14.2. The SMILES string of the molecule is O=C(C1Cn2cccc2C(=O)N1Cc1cccnc1)N1CCCCC1. The average molecular weight is 338 g/mol. The molecule has 2 aliphatic rings. The Morgan fingerprint density at radius 1 is 1.16 bits per heavy atom. The number of piperidine rings is 1. The summed E-state index contributed by atoms with van der Waals surface area (Å²) in [4.78, 5) is 33.9. The van der Waals surface area contributed by atoms with Gasteiger partial charge in [-0.05, 0) is 43.0 Å². The highest BCUT2D eigenvalue weighted by molar-refractivity contribution is 5.97. The van der Waals surface area contributed by atoms with Gasteiger partial charge in [-0.15, -0.1) is 0 Å². The number of fused-ring (bicyclic) bond motifs is 1. The van der Waals surface area contributed by atoms with Crippen LogP contribution in [0.15, 0.2) is 42.9 Å². The number of likely N-dealkylation sites (tertiary alicyclic amines) is 1. The highest BCUT2D eigenvalue weighted by atomic mass is 16.2. The maximum Gasteiger partial charge on any atom is 0.271 e. The summed E-state index contributed by atoms with van der Waals surface area (Å²) in [5.74, 6) is -0.0215. The molecule has 1 fully saturated rings. The third kappa shape index (κ3) is 3.04. The number of amides is 2. The minimum atomic E-state index is -0.453. The van der Waals surface area contributed by atoms with Gasteiger partial charge in [-0.2, -0.15) is 0 Å². The predicted molar refractivity (Wildman–Crippen MR) is 92.8 cm³/mol. The van der Waals surface area contributed by atoms with E-state index >= 15 is 0 Å². The van der Waals surface area contributed by atoms with E-state index in [1.54, 1.807) is 17.3 Å². The summed E-state index contributed by atoms with van der Waals surface area (Å²) < 4.78 is 1.90. The van der Waals surface area contributed by atoms with Gasteiger partial charge < -0.3 is 14.4 Å². The average Bonchev–Trinajstić information content (AvgIpc) is 3.14. The van der Waals surface area contributed by atoms with Gasteiger partial charge in [0, 0.05) is 38.2 Å². The van der Waals surface area contributed by atoms with Crippen molar-refractivity contribution in [2.75, 3.05) is 13.1 Å². The molecule has 2 aromatic rings. The van der Waals surface area contributed by atoms with Crippen LogP contribution < -0.4 is 0 Å². The van der Waals surface area contributed by atoms with E-state index in [1.165, 1.54) is 6.42 Å². The number of aromatic nitrogens is 2. The Morgan fingerprint density at radius 3 is 2.76 bits per heavy atom. The van der Waals surface area contributed by atoms with Crippen LogP contribution in [0.2, 0.25) is 0 Å². The lowest BCUT2D eigenvalue weighted by atomic mass is 10.1. The molecule has 2 amide bonds. The number of hydrogen-bond acceptors (Lipinski definition) is 3. The van der Waals surface area contributed by atoms with E-state index in [9.17, 15) is 9.59 Å². The summed E-state index contributed by atoms with van der Waals surface area (Å²) in [7, 11) is 0. The lowest BCUT2D eigenvalue weighted by Gasteiger charge is -2.39. The van der Waals surface area contributed by atoms with Crippen molar-refractivity contribution >= 4 is 11.8 Å². The summed E-state index contributed by atoms with van der Waals surface area (Å²) >= 11 is 0. The highest BCUT2D eigenvalue weighted by Crippen LogP contribution is 2.23. The number of carbonyl (C=O) groups is 2. The first-order valence-corrected chi connectivity index (χ1v) is 8.88. The van der Waals surface area contributed by atoms with Crippen LogP contribution in [0.1, 0.15) is 35.3 Å². The smallest absolute Gasteiger partial charge is 0.271 e.